The van der Waals surface area contributed by atoms with Gasteiger partial charge in [0, 0.05) is 67.2 Å². The number of aromatic nitrogens is 2. The molecule has 12 nitrogen and oxygen atoms in total. The van der Waals surface area contributed by atoms with Crippen molar-refractivity contribution in [3.05, 3.63) is 47.5 Å². The summed E-state index contributed by atoms with van der Waals surface area (Å²) in [5, 5.41) is 3.00. The maximum Gasteiger partial charge on any atom is 0.262 e. The summed E-state index contributed by atoms with van der Waals surface area (Å²) in [5.41, 5.74) is 3.84. The third-order valence-corrected chi connectivity index (χ3v) is 12.5. The van der Waals surface area contributed by atoms with E-state index >= 15 is 0 Å². The number of carbonyl (C=O) groups excluding carboxylic acids is 2. The molecule has 2 aliphatic rings. The molecule has 1 fully saturated rings. The van der Waals surface area contributed by atoms with E-state index < -0.39 is 30.6 Å². The average Bonchev–Trinajstić information content (AvgIpc) is 3.90. The zero-order chi connectivity index (χ0) is 44.5. The maximum atomic E-state index is 14.6. The van der Waals surface area contributed by atoms with Crippen molar-refractivity contribution in [1.29, 1.82) is 0 Å². The highest BCUT2D eigenvalue weighted by Crippen LogP contribution is 2.49. The van der Waals surface area contributed by atoms with Crippen LogP contribution >= 0.6 is 0 Å². The van der Waals surface area contributed by atoms with Crippen molar-refractivity contribution in [2.24, 2.45) is 0 Å². The van der Waals surface area contributed by atoms with Gasteiger partial charge in [0.15, 0.2) is 6.23 Å². The summed E-state index contributed by atoms with van der Waals surface area (Å²) < 4.78 is 49.4. The summed E-state index contributed by atoms with van der Waals surface area (Å²) in [7, 11) is 1.57. The van der Waals surface area contributed by atoms with Crippen LogP contribution in [0.2, 0.25) is 0 Å². The van der Waals surface area contributed by atoms with Crippen molar-refractivity contribution < 1.29 is 42.7 Å². The molecule has 5 aromatic rings. The number of hydrogen-bond acceptors (Lipinski definition) is 9. The van der Waals surface area contributed by atoms with Gasteiger partial charge in [0.05, 0.1) is 53.0 Å². The van der Waals surface area contributed by atoms with E-state index in [0.29, 0.717) is 73.9 Å². The lowest BCUT2D eigenvalue weighted by molar-refractivity contribution is -0.282. The zero-order valence-electron chi connectivity index (χ0n) is 38.9. The standard InChI is InChI=1S/C51H71N3O9/c1-8-14-24-57-32-39-46(60-27-17-11-4)47(61-28-18-12-5)48(62-29-19-13-6)51(63-39)54-38-31-34(59-26-16-10-3)21-23-36(38)41-43-42(49(55)53(7)50(43)56)40-35-22-20-33(58-25-15-9-2)30-37(35)52-44(40)45(41)54/h20-23,30-31,39,46-48,51-52H,8-19,24-29,32H2,1-7H3. The van der Waals surface area contributed by atoms with Crippen LogP contribution < -0.4 is 9.47 Å². The number of H-pyrrole nitrogens is 1. The number of hydrogen-bond donors (Lipinski definition) is 1. The third kappa shape index (κ3) is 9.62. The van der Waals surface area contributed by atoms with Gasteiger partial charge in [-0.05, 0) is 62.8 Å². The Balaban J connectivity index is 1.55. The van der Waals surface area contributed by atoms with E-state index in [1.165, 1.54) is 4.90 Å². The van der Waals surface area contributed by atoms with Crippen molar-refractivity contribution in [2.75, 3.05) is 53.3 Å². The summed E-state index contributed by atoms with van der Waals surface area (Å²) >= 11 is 0. The molecule has 12 heteroatoms. The van der Waals surface area contributed by atoms with Crippen molar-refractivity contribution in [3.8, 4) is 11.5 Å². The van der Waals surface area contributed by atoms with Crippen molar-refractivity contribution in [2.45, 2.75) is 149 Å². The lowest BCUT2D eigenvalue weighted by Gasteiger charge is -2.47. The third-order valence-electron chi connectivity index (χ3n) is 12.5. The highest BCUT2D eigenvalue weighted by Gasteiger charge is 2.50. The van der Waals surface area contributed by atoms with E-state index in [1.54, 1.807) is 7.05 Å². The molecule has 2 aliphatic heterocycles. The molecule has 0 bridgehead atoms. The maximum absolute atomic E-state index is 14.6. The summed E-state index contributed by atoms with van der Waals surface area (Å²) in [4.78, 5) is 33.9. The molecule has 2 amide bonds. The number of benzene rings is 3. The van der Waals surface area contributed by atoms with E-state index in [9.17, 15) is 9.59 Å². The first-order valence-corrected chi connectivity index (χ1v) is 24.1. The quantitative estimate of drug-likeness (QED) is 0.0427. The fourth-order valence-electron chi connectivity index (χ4n) is 8.96. The number of aromatic amines is 1. The highest BCUT2D eigenvalue weighted by molar-refractivity contribution is 6.39. The number of imide groups is 1. The molecule has 63 heavy (non-hydrogen) atoms. The number of nitrogens with one attached hydrogen (secondary N) is 1. The fourth-order valence-corrected chi connectivity index (χ4v) is 8.96. The van der Waals surface area contributed by atoms with Gasteiger partial charge in [-0.3, -0.25) is 14.5 Å². The molecule has 344 valence electrons. The molecule has 0 aliphatic carbocycles. The lowest BCUT2D eigenvalue weighted by Crippen LogP contribution is -2.59. The van der Waals surface area contributed by atoms with Crippen LogP contribution in [-0.4, -0.2) is 104 Å². The lowest BCUT2D eigenvalue weighted by atomic mass is 9.95. The predicted molar refractivity (Wildman–Crippen MR) is 250 cm³/mol. The Morgan fingerprint density at radius 1 is 0.603 bits per heavy atom. The molecular weight excluding hydrogens is 799 g/mol. The Morgan fingerprint density at radius 2 is 1.13 bits per heavy atom. The van der Waals surface area contributed by atoms with Gasteiger partial charge in [0.25, 0.3) is 11.8 Å². The molecule has 3 aromatic carbocycles. The van der Waals surface area contributed by atoms with Gasteiger partial charge < -0.3 is 42.7 Å². The molecule has 4 heterocycles. The fraction of sp³-hybridized carbons (Fsp3) is 0.608. The monoisotopic (exact) mass is 870 g/mol. The smallest absolute Gasteiger partial charge is 0.262 e. The molecule has 2 aromatic heterocycles. The first-order chi connectivity index (χ1) is 30.8. The highest BCUT2D eigenvalue weighted by atomic mass is 16.6. The van der Waals surface area contributed by atoms with E-state index in [4.69, 9.17) is 33.2 Å². The van der Waals surface area contributed by atoms with Crippen LogP contribution in [0.25, 0.3) is 43.6 Å². The molecule has 1 saturated heterocycles. The van der Waals surface area contributed by atoms with Gasteiger partial charge in [-0.25, -0.2) is 0 Å². The normalized spacial score (nSPS) is 20.3. The van der Waals surface area contributed by atoms with E-state index in [0.717, 1.165) is 116 Å². The van der Waals surface area contributed by atoms with Crippen LogP contribution in [0.1, 0.15) is 146 Å². The first kappa shape index (κ1) is 46.8. The van der Waals surface area contributed by atoms with Gasteiger partial charge >= 0.3 is 0 Å². The largest absolute Gasteiger partial charge is 0.494 e. The number of ether oxygens (including phenoxy) is 7. The summed E-state index contributed by atoms with van der Waals surface area (Å²) in [6.45, 7) is 16.6. The van der Waals surface area contributed by atoms with Gasteiger partial charge in [-0.1, -0.05) is 80.1 Å². The minimum atomic E-state index is -0.768. The summed E-state index contributed by atoms with van der Waals surface area (Å²) in [6.07, 6.45) is 8.48. The number of amides is 2. The second-order valence-electron chi connectivity index (χ2n) is 17.2. The average molecular weight is 870 g/mol. The Kier molecular flexibility index (Phi) is 16.4. The first-order valence-electron chi connectivity index (χ1n) is 24.1. The van der Waals surface area contributed by atoms with Crippen molar-refractivity contribution >= 4 is 55.4 Å². The predicted octanol–water partition coefficient (Wildman–Crippen LogP) is 11.3. The Morgan fingerprint density at radius 3 is 1.75 bits per heavy atom. The Hall–Kier alpha value is -4.20. The number of carbonyl (C=O) groups is 2. The SMILES string of the molecule is CCCCOCC1OC(n2c3cc(OCCCC)ccc3c3c4c(c5c6ccc(OCCCC)cc6[nH]c5c32)C(=O)N(C)C4=O)C(OCCCC)C(OCCCC)C1OCCCC. The minimum Gasteiger partial charge on any atom is -0.494 e. The summed E-state index contributed by atoms with van der Waals surface area (Å²) in [6, 6.07) is 12.0. The van der Waals surface area contributed by atoms with Gasteiger partial charge in [-0.15, -0.1) is 0 Å². The molecule has 1 N–H and O–H groups in total. The number of fused-ring (bicyclic) bond motifs is 10. The molecular formula is C51H71N3O9. The Labute approximate surface area is 373 Å². The Bertz CT molecular complexity index is 2320. The number of unbranched alkanes of at least 4 members (excludes halogenated alkanes) is 6. The van der Waals surface area contributed by atoms with Gasteiger partial charge in [0.1, 0.15) is 35.9 Å². The van der Waals surface area contributed by atoms with Crippen LogP contribution in [0.15, 0.2) is 36.4 Å². The molecule has 5 unspecified atom stereocenters. The zero-order valence-corrected chi connectivity index (χ0v) is 38.9. The number of rotatable bonds is 26. The topological polar surface area (TPSA) is 123 Å². The summed E-state index contributed by atoms with van der Waals surface area (Å²) in [5.74, 6) is 0.761. The van der Waals surface area contributed by atoms with Gasteiger partial charge in [-0.2, -0.15) is 0 Å². The van der Waals surface area contributed by atoms with Crippen LogP contribution in [0.3, 0.4) is 0 Å². The van der Waals surface area contributed by atoms with Crippen LogP contribution in [0.5, 0.6) is 11.5 Å². The van der Waals surface area contributed by atoms with E-state index in [-0.39, 0.29) is 11.8 Å². The second kappa shape index (κ2) is 22.1. The van der Waals surface area contributed by atoms with Crippen LogP contribution in [0.4, 0.5) is 0 Å². The molecule has 0 radical (unpaired) electrons. The molecule has 0 saturated carbocycles. The number of nitrogens with zero attached hydrogens (tertiary/aromatic N) is 2. The van der Waals surface area contributed by atoms with Crippen LogP contribution in [-0.2, 0) is 23.7 Å². The minimum absolute atomic E-state index is 0.306. The molecule has 5 atom stereocenters. The van der Waals surface area contributed by atoms with Crippen LogP contribution in [0, 0.1) is 0 Å². The van der Waals surface area contributed by atoms with Crippen molar-refractivity contribution in [1.82, 2.24) is 14.5 Å². The molecule has 0 spiro atoms. The van der Waals surface area contributed by atoms with E-state index in [1.807, 2.05) is 36.4 Å². The van der Waals surface area contributed by atoms with Gasteiger partial charge in [0.2, 0.25) is 0 Å². The second-order valence-corrected chi connectivity index (χ2v) is 17.2. The van der Waals surface area contributed by atoms with E-state index in [2.05, 4.69) is 51.1 Å². The van der Waals surface area contributed by atoms with Crippen molar-refractivity contribution in [3.63, 3.8) is 0 Å². The molecule has 7 rings (SSSR count).